The summed E-state index contributed by atoms with van der Waals surface area (Å²) in [6, 6.07) is 5.80. The molecular formula is C16H23Cl2N. The first-order valence-electron chi connectivity index (χ1n) is 6.80. The molecule has 1 rings (SSSR count). The highest BCUT2D eigenvalue weighted by Gasteiger charge is 2.04. The van der Waals surface area contributed by atoms with Crippen molar-refractivity contribution in [3.05, 3.63) is 45.5 Å². The quantitative estimate of drug-likeness (QED) is 0.544. The Hall–Kier alpha value is -0.500. The molecular weight excluding hydrogens is 277 g/mol. The molecule has 0 aliphatic carbocycles. The second-order valence-corrected chi connectivity index (χ2v) is 6.11. The largest absolute Gasteiger partial charge is 0.316 e. The fraction of sp³-hybridized carbons (Fsp3) is 0.500. The van der Waals surface area contributed by atoms with E-state index in [4.69, 9.17) is 23.2 Å². The van der Waals surface area contributed by atoms with Crippen molar-refractivity contribution in [3.63, 3.8) is 0 Å². The normalized spacial score (nSPS) is 12.2. The number of allylic oxidation sites excluding steroid dienone is 1. The number of hydrogen-bond acceptors (Lipinski definition) is 1. The van der Waals surface area contributed by atoms with Gasteiger partial charge in [0.1, 0.15) is 0 Å². The Bertz CT molecular complexity index is 425. The molecule has 0 aromatic heterocycles. The first kappa shape index (κ1) is 16.6. The Morgan fingerprint density at radius 2 is 2.05 bits per heavy atom. The number of halogens is 2. The minimum atomic E-state index is 0.630. The summed E-state index contributed by atoms with van der Waals surface area (Å²) in [5.41, 5.74) is 2.42. The van der Waals surface area contributed by atoms with E-state index in [0.717, 1.165) is 31.5 Å². The lowest BCUT2D eigenvalue weighted by Gasteiger charge is -2.07. The summed E-state index contributed by atoms with van der Waals surface area (Å²) in [5.74, 6) is 0.704. The topological polar surface area (TPSA) is 12.0 Å². The molecule has 3 heteroatoms. The average molecular weight is 300 g/mol. The van der Waals surface area contributed by atoms with Gasteiger partial charge in [0.2, 0.25) is 0 Å². The molecule has 1 nitrogen and oxygen atoms in total. The van der Waals surface area contributed by atoms with Crippen LogP contribution in [0.2, 0.25) is 10.0 Å². The third-order valence-electron chi connectivity index (χ3n) is 2.87. The zero-order valence-corrected chi connectivity index (χ0v) is 13.5. The summed E-state index contributed by atoms with van der Waals surface area (Å²) in [4.78, 5) is 0. The van der Waals surface area contributed by atoms with Gasteiger partial charge >= 0.3 is 0 Å². The third kappa shape index (κ3) is 6.47. The summed E-state index contributed by atoms with van der Waals surface area (Å²) in [6.45, 7) is 8.68. The van der Waals surface area contributed by atoms with Gasteiger partial charge in [-0.25, -0.2) is 0 Å². The molecule has 0 saturated carbocycles. The second-order valence-electron chi connectivity index (χ2n) is 5.33. The molecule has 0 radical (unpaired) electrons. The highest BCUT2D eigenvalue weighted by atomic mass is 35.5. The Morgan fingerprint density at radius 3 is 2.74 bits per heavy atom. The SMILES string of the molecule is C/C(=C/CCNCC(C)C)Cc1cccc(Cl)c1Cl. The Kier molecular flexibility index (Phi) is 7.52. The van der Waals surface area contributed by atoms with E-state index >= 15 is 0 Å². The van der Waals surface area contributed by atoms with Crippen molar-refractivity contribution < 1.29 is 0 Å². The smallest absolute Gasteiger partial charge is 0.0627 e. The van der Waals surface area contributed by atoms with Gasteiger partial charge in [0.25, 0.3) is 0 Å². The van der Waals surface area contributed by atoms with E-state index in [1.54, 1.807) is 0 Å². The van der Waals surface area contributed by atoms with E-state index in [9.17, 15) is 0 Å². The summed E-state index contributed by atoms with van der Waals surface area (Å²) < 4.78 is 0. The monoisotopic (exact) mass is 299 g/mol. The molecule has 0 heterocycles. The van der Waals surface area contributed by atoms with Crippen LogP contribution < -0.4 is 5.32 Å². The van der Waals surface area contributed by atoms with E-state index in [0.29, 0.717) is 16.0 Å². The molecule has 0 unspecified atom stereocenters. The lowest BCUT2D eigenvalue weighted by Crippen LogP contribution is -2.20. The Labute approximate surface area is 127 Å². The first-order chi connectivity index (χ1) is 9.00. The van der Waals surface area contributed by atoms with Crippen molar-refractivity contribution in [1.82, 2.24) is 5.32 Å². The molecule has 19 heavy (non-hydrogen) atoms. The van der Waals surface area contributed by atoms with E-state index in [1.165, 1.54) is 5.57 Å². The van der Waals surface area contributed by atoms with Gasteiger partial charge in [0.15, 0.2) is 0 Å². The maximum Gasteiger partial charge on any atom is 0.0627 e. The lowest BCUT2D eigenvalue weighted by molar-refractivity contribution is 0.556. The number of benzene rings is 1. The molecule has 0 amide bonds. The third-order valence-corrected chi connectivity index (χ3v) is 3.73. The van der Waals surface area contributed by atoms with Crippen molar-refractivity contribution >= 4 is 23.2 Å². The highest BCUT2D eigenvalue weighted by molar-refractivity contribution is 6.42. The fourth-order valence-corrected chi connectivity index (χ4v) is 2.26. The summed E-state index contributed by atoms with van der Waals surface area (Å²) >= 11 is 12.2. The van der Waals surface area contributed by atoms with E-state index in [-0.39, 0.29) is 0 Å². The van der Waals surface area contributed by atoms with Crippen LogP contribution >= 0.6 is 23.2 Å². The van der Waals surface area contributed by atoms with E-state index in [2.05, 4.69) is 32.2 Å². The van der Waals surface area contributed by atoms with Gasteiger partial charge in [-0.1, -0.05) is 60.8 Å². The zero-order valence-electron chi connectivity index (χ0n) is 12.0. The average Bonchev–Trinajstić information content (AvgIpc) is 2.34. The standard InChI is InChI=1S/C16H23Cl2N/c1-12(2)11-19-9-5-6-13(3)10-14-7-4-8-15(17)16(14)18/h4,6-8,12,19H,5,9-11H2,1-3H3/b13-6-. The molecule has 0 saturated heterocycles. The van der Waals surface area contributed by atoms with E-state index in [1.807, 2.05) is 18.2 Å². The van der Waals surface area contributed by atoms with Crippen LogP contribution in [-0.2, 0) is 6.42 Å². The van der Waals surface area contributed by atoms with Gasteiger partial charge in [-0.15, -0.1) is 0 Å². The van der Waals surface area contributed by atoms with Crippen LogP contribution in [0.1, 0.15) is 32.8 Å². The molecule has 0 aliphatic rings. The van der Waals surface area contributed by atoms with Gasteiger partial charge < -0.3 is 5.32 Å². The highest BCUT2D eigenvalue weighted by Crippen LogP contribution is 2.27. The van der Waals surface area contributed by atoms with Crippen LogP contribution in [-0.4, -0.2) is 13.1 Å². The van der Waals surface area contributed by atoms with Gasteiger partial charge in [-0.05, 0) is 50.4 Å². The minimum Gasteiger partial charge on any atom is -0.316 e. The summed E-state index contributed by atoms with van der Waals surface area (Å²) in [5, 5.41) is 4.74. The number of hydrogen-bond donors (Lipinski definition) is 1. The first-order valence-corrected chi connectivity index (χ1v) is 7.55. The van der Waals surface area contributed by atoms with Crippen LogP contribution in [0.3, 0.4) is 0 Å². The Morgan fingerprint density at radius 1 is 1.32 bits per heavy atom. The molecule has 0 aliphatic heterocycles. The maximum absolute atomic E-state index is 6.18. The molecule has 1 N–H and O–H groups in total. The lowest BCUT2D eigenvalue weighted by atomic mass is 10.1. The predicted molar refractivity (Wildman–Crippen MR) is 86.2 cm³/mol. The fourth-order valence-electron chi connectivity index (χ4n) is 1.87. The second kappa shape index (κ2) is 8.63. The molecule has 0 bridgehead atoms. The predicted octanol–water partition coefficient (Wildman–Crippen LogP) is 5.12. The molecule has 0 spiro atoms. The van der Waals surface area contributed by atoms with Crippen LogP contribution in [0.4, 0.5) is 0 Å². The summed E-state index contributed by atoms with van der Waals surface area (Å²) in [7, 11) is 0. The number of nitrogens with one attached hydrogen (secondary N) is 1. The zero-order chi connectivity index (χ0) is 14.3. The van der Waals surface area contributed by atoms with Crippen molar-refractivity contribution in [3.8, 4) is 0 Å². The van der Waals surface area contributed by atoms with Crippen LogP contribution in [0, 0.1) is 5.92 Å². The van der Waals surface area contributed by atoms with Crippen LogP contribution in [0.15, 0.2) is 29.8 Å². The van der Waals surface area contributed by atoms with Crippen molar-refractivity contribution in [2.75, 3.05) is 13.1 Å². The van der Waals surface area contributed by atoms with Gasteiger partial charge in [0.05, 0.1) is 10.0 Å². The molecule has 106 valence electrons. The van der Waals surface area contributed by atoms with Crippen molar-refractivity contribution in [2.24, 2.45) is 5.92 Å². The van der Waals surface area contributed by atoms with Crippen molar-refractivity contribution in [1.29, 1.82) is 0 Å². The van der Waals surface area contributed by atoms with Gasteiger partial charge in [-0.2, -0.15) is 0 Å². The number of rotatable bonds is 7. The molecule has 0 fully saturated rings. The minimum absolute atomic E-state index is 0.630. The molecule has 0 atom stereocenters. The summed E-state index contributed by atoms with van der Waals surface area (Å²) in [6.07, 6.45) is 4.19. The molecule has 1 aromatic rings. The van der Waals surface area contributed by atoms with Crippen molar-refractivity contribution in [2.45, 2.75) is 33.6 Å². The van der Waals surface area contributed by atoms with Gasteiger partial charge in [0, 0.05) is 0 Å². The molecule has 1 aromatic carbocycles. The van der Waals surface area contributed by atoms with Gasteiger partial charge in [-0.3, -0.25) is 0 Å². The van der Waals surface area contributed by atoms with Crippen LogP contribution in [0.25, 0.3) is 0 Å². The van der Waals surface area contributed by atoms with Crippen LogP contribution in [0.5, 0.6) is 0 Å². The maximum atomic E-state index is 6.18. The Balaban J connectivity index is 2.41. The van der Waals surface area contributed by atoms with E-state index < -0.39 is 0 Å².